The molecule has 0 aromatic rings. The van der Waals surface area contributed by atoms with Gasteiger partial charge in [0, 0.05) is 38.8 Å². The van der Waals surface area contributed by atoms with E-state index in [0.717, 1.165) is 51.4 Å². The van der Waals surface area contributed by atoms with Gasteiger partial charge < -0.3 is 9.80 Å². The molecule has 1 aliphatic carbocycles. The highest BCUT2D eigenvalue weighted by Gasteiger charge is 2.48. The molecule has 1 unspecified atom stereocenters. The first-order valence-corrected chi connectivity index (χ1v) is 12.6. The van der Waals surface area contributed by atoms with Gasteiger partial charge in [0.1, 0.15) is 5.67 Å². The van der Waals surface area contributed by atoms with Gasteiger partial charge in [0.05, 0.1) is 0 Å². The maximum atomic E-state index is 15.8. The van der Waals surface area contributed by atoms with Crippen molar-refractivity contribution in [3.63, 3.8) is 0 Å². The number of nitrogens with zero attached hydrogens (tertiary/aromatic N) is 3. The zero-order valence-electron chi connectivity index (χ0n) is 19.7. The molecule has 1 saturated carbocycles. The van der Waals surface area contributed by atoms with Crippen LogP contribution in [0.25, 0.3) is 0 Å². The average Bonchev–Trinajstić information content (AvgIpc) is 3.39. The molecule has 4 heteroatoms. The number of piperidine rings is 1. The lowest BCUT2D eigenvalue weighted by Crippen LogP contribution is -2.63. The molecule has 168 valence electrons. The second-order valence-electron chi connectivity index (χ2n) is 12.2. The van der Waals surface area contributed by atoms with E-state index >= 15 is 4.39 Å². The van der Waals surface area contributed by atoms with Crippen molar-refractivity contribution in [3.8, 4) is 0 Å². The highest BCUT2D eigenvalue weighted by molar-refractivity contribution is 5.02. The van der Waals surface area contributed by atoms with Crippen LogP contribution in [0, 0.1) is 16.7 Å². The third-order valence-corrected chi connectivity index (χ3v) is 8.55. The summed E-state index contributed by atoms with van der Waals surface area (Å²) in [6.45, 7) is 18.1. The Morgan fingerprint density at radius 1 is 0.759 bits per heavy atom. The maximum Gasteiger partial charge on any atom is 0.124 e. The van der Waals surface area contributed by atoms with E-state index in [4.69, 9.17) is 0 Å². The Kier molecular flexibility index (Phi) is 6.37. The summed E-state index contributed by atoms with van der Waals surface area (Å²) in [5.41, 5.74) is 0.129. The highest BCUT2D eigenvalue weighted by Crippen LogP contribution is 2.51. The van der Waals surface area contributed by atoms with Crippen molar-refractivity contribution in [2.75, 3.05) is 52.4 Å². The van der Waals surface area contributed by atoms with E-state index in [1.807, 2.05) is 0 Å². The van der Waals surface area contributed by atoms with E-state index < -0.39 is 5.67 Å². The molecule has 3 saturated heterocycles. The Hall–Kier alpha value is -0.190. The van der Waals surface area contributed by atoms with Crippen molar-refractivity contribution in [2.24, 2.45) is 16.7 Å². The highest BCUT2D eigenvalue weighted by atomic mass is 19.1. The molecular formula is C25H46FN3. The molecule has 0 radical (unpaired) electrons. The van der Waals surface area contributed by atoms with Crippen molar-refractivity contribution >= 4 is 0 Å². The van der Waals surface area contributed by atoms with Crippen LogP contribution in [0.4, 0.5) is 4.39 Å². The summed E-state index contributed by atoms with van der Waals surface area (Å²) >= 11 is 0. The Bertz CT molecular complexity index is 542. The normalized spacial score (nSPS) is 33.2. The lowest BCUT2D eigenvalue weighted by Gasteiger charge is -2.55. The number of alkyl halides is 1. The molecule has 1 spiro atoms. The van der Waals surface area contributed by atoms with Crippen molar-refractivity contribution in [1.82, 2.24) is 14.7 Å². The quantitative estimate of drug-likeness (QED) is 0.599. The number of likely N-dealkylation sites (tertiary alicyclic amines) is 3. The van der Waals surface area contributed by atoms with Gasteiger partial charge in [-0.15, -0.1) is 0 Å². The third-order valence-electron chi connectivity index (χ3n) is 8.55. The van der Waals surface area contributed by atoms with E-state index in [0.29, 0.717) is 23.4 Å². The average molecular weight is 408 g/mol. The van der Waals surface area contributed by atoms with Gasteiger partial charge in [-0.05, 0) is 102 Å². The first-order chi connectivity index (χ1) is 13.7. The molecule has 0 aromatic carbocycles. The van der Waals surface area contributed by atoms with Gasteiger partial charge >= 0.3 is 0 Å². The van der Waals surface area contributed by atoms with Crippen LogP contribution in [0.3, 0.4) is 0 Å². The second-order valence-corrected chi connectivity index (χ2v) is 12.2. The molecule has 0 aromatic heterocycles. The monoisotopic (exact) mass is 407 g/mol. The van der Waals surface area contributed by atoms with Crippen molar-refractivity contribution < 1.29 is 4.39 Å². The largest absolute Gasteiger partial charge is 0.303 e. The van der Waals surface area contributed by atoms with Crippen LogP contribution in [0.5, 0.6) is 0 Å². The van der Waals surface area contributed by atoms with E-state index in [1.165, 1.54) is 51.7 Å². The molecule has 4 aliphatic rings. The minimum Gasteiger partial charge on any atom is -0.303 e. The summed E-state index contributed by atoms with van der Waals surface area (Å²) in [4.78, 5) is 7.66. The Morgan fingerprint density at radius 2 is 1.45 bits per heavy atom. The molecule has 29 heavy (non-hydrogen) atoms. The first kappa shape index (κ1) is 22.0. The molecular weight excluding hydrogens is 361 g/mol. The van der Waals surface area contributed by atoms with Crippen molar-refractivity contribution in [3.05, 3.63) is 0 Å². The number of halogens is 1. The molecule has 4 rings (SSSR count). The van der Waals surface area contributed by atoms with Gasteiger partial charge in [0.25, 0.3) is 0 Å². The lowest BCUT2D eigenvalue weighted by molar-refractivity contribution is -0.0761. The van der Waals surface area contributed by atoms with Crippen LogP contribution in [0.2, 0.25) is 0 Å². The second kappa shape index (κ2) is 8.39. The minimum atomic E-state index is -0.955. The zero-order chi connectivity index (χ0) is 20.7. The van der Waals surface area contributed by atoms with Crippen molar-refractivity contribution in [2.45, 2.75) is 90.8 Å². The first-order valence-electron chi connectivity index (χ1n) is 12.6. The fraction of sp³-hybridized carbons (Fsp3) is 1.00. The third kappa shape index (κ3) is 5.36. The molecule has 4 fully saturated rings. The summed E-state index contributed by atoms with van der Waals surface area (Å²) in [5.74, 6) is 0.788. The van der Waals surface area contributed by atoms with Crippen LogP contribution in [0.15, 0.2) is 0 Å². The molecule has 3 heterocycles. The topological polar surface area (TPSA) is 9.72 Å². The molecule has 0 bridgehead atoms. The molecule has 1 atom stereocenters. The van der Waals surface area contributed by atoms with Crippen LogP contribution in [-0.2, 0) is 0 Å². The predicted molar refractivity (Wildman–Crippen MR) is 120 cm³/mol. The maximum absolute atomic E-state index is 15.8. The van der Waals surface area contributed by atoms with Gasteiger partial charge in [0.2, 0.25) is 0 Å². The van der Waals surface area contributed by atoms with E-state index in [2.05, 4.69) is 42.4 Å². The van der Waals surface area contributed by atoms with Crippen LogP contribution in [0.1, 0.15) is 79.1 Å². The van der Waals surface area contributed by atoms with Crippen LogP contribution < -0.4 is 0 Å². The number of hydrogen-bond donors (Lipinski definition) is 0. The van der Waals surface area contributed by atoms with Crippen LogP contribution >= 0.6 is 0 Å². The van der Waals surface area contributed by atoms with Crippen LogP contribution in [-0.4, -0.2) is 78.8 Å². The number of rotatable bonds is 7. The number of hydrogen-bond acceptors (Lipinski definition) is 3. The summed E-state index contributed by atoms with van der Waals surface area (Å²) in [6, 6.07) is 0.668. The van der Waals surface area contributed by atoms with E-state index in [-0.39, 0.29) is 0 Å². The molecule has 0 amide bonds. The Morgan fingerprint density at radius 3 is 2.03 bits per heavy atom. The predicted octanol–water partition coefficient (Wildman–Crippen LogP) is 4.81. The van der Waals surface area contributed by atoms with Crippen molar-refractivity contribution in [1.29, 1.82) is 0 Å². The summed E-state index contributed by atoms with van der Waals surface area (Å²) in [5, 5.41) is 0. The Balaban J connectivity index is 1.21. The Labute approximate surface area is 179 Å². The standard InChI is InChI=1S/C25H46FN3/c1-21(2)16-23(7-8-23)17-27-12-5-6-25(26,11-13-27)20-28-18-24(19-28)9-14-29(15-10-24)22(3)4/h21-22H,5-20H2,1-4H3. The molecule has 3 aliphatic heterocycles. The summed E-state index contributed by atoms with van der Waals surface area (Å²) < 4.78 is 15.8. The summed E-state index contributed by atoms with van der Waals surface area (Å²) in [7, 11) is 0. The SMILES string of the molecule is CC(C)CC1(CN2CCCC(F)(CN3CC4(CCN(C(C)C)CC4)C3)CC2)CC1. The van der Waals surface area contributed by atoms with Gasteiger partial charge in [0.15, 0.2) is 0 Å². The lowest BCUT2D eigenvalue weighted by atomic mass is 9.71. The van der Waals surface area contributed by atoms with Gasteiger partial charge in [-0.25, -0.2) is 4.39 Å². The summed E-state index contributed by atoms with van der Waals surface area (Å²) in [6.07, 6.45) is 9.32. The smallest absolute Gasteiger partial charge is 0.124 e. The molecule has 3 nitrogen and oxygen atoms in total. The zero-order valence-corrected chi connectivity index (χ0v) is 19.7. The van der Waals surface area contributed by atoms with E-state index in [9.17, 15) is 0 Å². The fourth-order valence-electron chi connectivity index (χ4n) is 6.72. The molecule has 0 N–H and O–H groups in total. The van der Waals surface area contributed by atoms with Gasteiger partial charge in [-0.1, -0.05) is 13.8 Å². The fourth-order valence-corrected chi connectivity index (χ4v) is 6.72. The van der Waals surface area contributed by atoms with E-state index in [1.54, 1.807) is 0 Å². The van der Waals surface area contributed by atoms with Gasteiger partial charge in [-0.3, -0.25) is 4.90 Å². The minimum absolute atomic E-state index is 0.508. The van der Waals surface area contributed by atoms with Gasteiger partial charge in [-0.2, -0.15) is 0 Å².